The van der Waals surface area contributed by atoms with Gasteiger partial charge in [-0.25, -0.2) is 9.78 Å². The number of thiazole rings is 1. The summed E-state index contributed by atoms with van der Waals surface area (Å²) < 4.78 is 5.34. The molecule has 1 aromatic heterocycles. The lowest BCUT2D eigenvalue weighted by atomic mass is 9.99. The van der Waals surface area contributed by atoms with Crippen LogP contribution in [0.1, 0.15) is 26.4 Å². The number of aryl methyl sites for hydroxylation is 1. The van der Waals surface area contributed by atoms with Crippen molar-refractivity contribution in [3.05, 3.63) is 70.2 Å². The number of piperazine rings is 1. The van der Waals surface area contributed by atoms with Gasteiger partial charge in [0.2, 0.25) is 0 Å². The normalized spacial score (nSPS) is 14.0. The highest BCUT2D eigenvalue weighted by Crippen LogP contribution is 2.27. The number of hydrogen-bond acceptors (Lipinski definition) is 7. The smallest absolute Gasteiger partial charge is 0.325 e. The topological polar surface area (TPSA) is 95.6 Å². The third kappa shape index (κ3) is 5.75. The van der Waals surface area contributed by atoms with Gasteiger partial charge in [0.15, 0.2) is 10.9 Å². The molecule has 0 radical (unpaired) electrons. The number of anilines is 2. The summed E-state index contributed by atoms with van der Waals surface area (Å²) >= 11 is 1.45. The monoisotopic (exact) mass is 465 g/mol. The summed E-state index contributed by atoms with van der Waals surface area (Å²) in [7, 11) is 1.53. The van der Waals surface area contributed by atoms with Crippen molar-refractivity contribution >= 4 is 34.0 Å². The number of rotatable bonds is 7. The predicted molar refractivity (Wildman–Crippen MR) is 131 cm³/mol. The van der Waals surface area contributed by atoms with E-state index in [0.717, 1.165) is 43.2 Å². The van der Waals surface area contributed by atoms with Crippen LogP contribution >= 0.6 is 11.3 Å². The summed E-state index contributed by atoms with van der Waals surface area (Å²) in [6, 6.07) is 11.9. The number of carbonyl (C=O) groups excluding carboxylic acids is 2. The molecule has 33 heavy (non-hydrogen) atoms. The quantitative estimate of drug-likeness (QED) is 0.460. The molecule has 1 saturated heterocycles. The minimum Gasteiger partial charge on any atom is -0.496 e. The van der Waals surface area contributed by atoms with Gasteiger partial charge in [0.05, 0.1) is 18.4 Å². The van der Waals surface area contributed by atoms with Crippen molar-refractivity contribution in [1.29, 1.82) is 0 Å². The fraction of sp³-hybridized carbons (Fsp3) is 0.292. The molecule has 3 aromatic rings. The maximum atomic E-state index is 13.3. The van der Waals surface area contributed by atoms with Crippen LogP contribution in [0.15, 0.2) is 48.7 Å². The van der Waals surface area contributed by atoms with Crippen molar-refractivity contribution in [3.63, 3.8) is 0 Å². The number of ketones is 1. The Hall–Kier alpha value is -3.27. The second kappa shape index (κ2) is 10.6. The zero-order valence-corrected chi connectivity index (χ0v) is 19.5. The van der Waals surface area contributed by atoms with Crippen molar-refractivity contribution in [3.8, 4) is 5.75 Å². The Morgan fingerprint density at radius 1 is 1.12 bits per heavy atom. The molecule has 1 aliphatic rings. The Balaban J connectivity index is 1.46. The van der Waals surface area contributed by atoms with Gasteiger partial charge in [-0.15, -0.1) is 11.3 Å². The van der Waals surface area contributed by atoms with E-state index >= 15 is 0 Å². The van der Waals surface area contributed by atoms with Gasteiger partial charge in [-0.05, 0) is 31.2 Å². The summed E-state index contributed by atoms with van der Waals surface area (Å²) in [6.07, 6.45) is 1.80. The third-order valence-corrected chi connectivity index (χ3v) is 6.28. The van der Waals surface area contributed by atoms with Gasteiger partial charge < -0.3 is 15.4 Å². The van der Waals surface area contributed by atoms with Gasteiger partial charge in [-0.1, -0.05) is 23.8 Å². The lowest BCUT2D eigenvalue weighted by Crippen LogP contribution is -2.42. The van der Waals surface area contributed by atoms with Crippen LogP contribution in [0.2, 0.25) is 0 Å². The number of aromatic nitrogens is 1. The molecule has 1 fully saturated rings. The maximum absolute atomic E-state index is 13.3. The third-order valence-electron chi connectivity index (χ3n) is 5.38. The Kier molecular flexibility index (Phi) is 7.33. The van der Waals surface area contributed by atoms with E-state index in [4.69, 9.17) is 4.74 Å². The fourth-order valence-corrected chi connectivity index (χ4v) is 4.56. The molecule has 0 bridgehead atoms. The Morgan fingerprint density at radius 3 is 2.70 bits per heavy atom. The number of nitrogens with one attached hydrogen (secondary N) is 3. The molecule has 2 aromatic carbocycles. The van der Waals surface area contributed by atoms with Gasteiger partial charge >= 0.3 is 6.03 Å². The molecule has 0 aliphatic carbocycles. The number of hydrogen-bond donors (Lipinski definition) is 3. The van der Waals surface area contributed by atoms with Gasteiger partial charge in [0.1, 0.15) is 5.75 Å². The molecule has 1 aliphatic heterocycles. The highest BCUT2D eigenvalue weighted by Gasteiger charge is 2.19. The number of nitrogens with zero attached hydrogens (tertiary/aromatic N) is 2. The number of methoxy groups -OCH3 is 1. The second-order valence-electron chi connectivity index (χ2n) is 7.82. The number of ether oxygens (including phenoxy) is 1. The second-order valence-corrected chi connectivity index (χ2v) is 8.93. The van der Waals surface area contributed by atoms with Crippen molar-refractivity contribution in [1.82, 2.24) is 15.2 Å². The van der Waals surface area contributed by atoms with Crippen LogP contribution in [-0.4, -0.2) is 55.0 Å². The molecule has 8 nitrogen and oxygen atoms in total. The number of urea groups is 1. The summed E-state index contributed by atoms with van der Waals surface area (Å²) in [5.41, 5.74) is 2.17. The lowest BCUT2D eigenvalue weighted by molar-refractivity contribution is 0.103. The first kappa shape index (κ1) is 22.9. The van der Waals surface area contributed by atoms with Gasteiger partial charge in [-0.3, -0.25) is 15.0 Å². The Morgan fingerprint density at radius 2 is 1.91 bits per heavy atom. The standard InChI is InChI=1S/C24H27N5O3S/c1-16-7-8-20(19(13-16)22(30)18-5-3-4-6-21(18)32-2)27-23(31)28-24-26-14-17(33-24)15-29-11-9-25-10-12-29/h3-8,13-14,25H,9-12,15H2,1-2H3,(H2,26,27,28,31). The van der Waals surface area contributed by atoms with Crippen LogP contribution in [0.4, 0.5) is 15.6 Å². The molecule has 0 atom stereocenters. The fourth-order valence-electron chi connectivity index (χ4n) is 3.71. The zero-order valence-electron chi connectivity index (χ0n) is 18.7. The molecule has 2 amide bonds. The van der Waals surface area contributed by atoms with Crippen LogP contribution in [0.5, 0.6) is 5.75 Å². The Bertz CT molecular complexity index is 1140. The summed E-state index contributed by atoms with van der Waals surface area (Å²) in [6.45, 7) is 6.68. The van der Waals surface area contributed by atoms with Gasteiger partial charge in [0, 0.05) is 49.4 Å². The molecule has 2 heterocycles. The van der Waals surface area contributed by atoms with Crippen LogP contribution in [0, 0.1) is 6.92 Å². The summed E-state index contributed by atoms with van der Waals surface area (Å²) in [5.74, 6) is 0.262. The van der Waals surface area contributed by atoms with E-state index in [9.17, 15) is 9.59 Å². The lowest BCUT2D eigenvalue weighted by Gasteiger charge is -2.26. The van der Waals surface area contributed by atoms with Crippen molar-refractivity contribution < 1.29 is 14.3 Å². The average Bonchev–Trinajstić information content (AvgIpc) is 3.26. The first-order valence-corrected chi connectivity index (χ1v) is 11.6. The molecule has 0 saturated carbocycles. The van der Waals surface area contributed by atoms with Crippen molar-refractivity contribution in [2.75, 3.05) is 43.9 Å². The first-order valence-electron chi connectivity index (χ1n) is 10.8. The highest BCUT2D eigenvalue weighted by atomic mass is 32.1. The van der Waals surface area contributed by atoms with Crippen LogP contribution < -0.4 is 20.7 Å². The van der Waals surface area contributed by atoms with E-state index in [1.165, 1.54) is 18.4 Å². The average molecular weight is 466 g/mol. The van der Waals surface area contributed by atoms with E-state index in [1.54, 1.807) is 36.5 Å². The van der Waals surface area contributed by atoms with Crippen molar-refractivity contribution in [2.45, 2.75) is 13.5 Å². The van der Waals surface area contributed by atoms with Crippen LogP contribution in [0.25, 0.3) is 0 Å². The SMILES string of the molecule is COc1ccccc1C(=O)c1cc(C)ccc1NC(=O)Nc1ncc(CN2CCNCC2)s1. The minimum atomic E-state index is -0.448. The number of para-hydroxylation sites is 1. The van der Waals surface area contributed by atoms with Crippen molar-refractivity contribution in [2.24, 2.45) is 0 Å². The molecule has 0 unspecified atom stereocenters. The van der Waals surface area contributed by atoms with E-state index in [0.29, 0.717) is 27.7 Å². The van der Waals surface area contributed by atoms with E-state index in [-0.39, 0.29) is 5.78 Å². The van der Waals surface area contributed by atoms with E-state index in [2.05, 4.69) is 25.8 Å². The molecular formula is C24H27N5O3S. The highest BCUT2D eigenvalue weighted by molar-refractivity contribution is 7.15. The molecule has 172 valence electrons. The minimum absolute atomic E-state index is 0.223. The number of carbonyl (C=O) groups is 2. The first-order chi connectivity index (χ1) is 16.0. The van der Waals surface area contributed by atoms with Gasteiger partial charge in [0.25, 0.3) is 0 Å². The predicted octanol–water partition coefficient (Wildman–Crippen LogP) is 3.74. The van der Waals surface area contributed by atoms with Crippen LogP contribution in [0.3, 0.4) is 0 Å². The Labute approximate surface area is 197 Å². The maximum Gasteiger partial charge on any atom is 0.325 e. The molecule has 3 N–H and O–H groups in total. The zero-order chi connectivity index (χ0) is 23.2. The van der Waals surface area contributed by atoms with E-state index < -0.39 is 6.03 Å². The molecule has 4 rings (SSSR count). The molecular weight excluding hydrogens is 438 g/mol. The van der Waals surface area contributed by atoms with Gasteiger partial charge in [-0.2, -0.15) is 0 Å². The summed E-state index contributed by atoms with van der Waals surface area (Å²) in [5, 5.41) is 9.44. The molecule has 0 spiro atoms. The molecule has 9 heteroatoms. The number of benzene rings is 2. The largest absolute Gasteiger partial charge is 0.496 e. The number of amides is 2. The van der Waals surface area contributed by atoms with Crippen LogP contribution in [-0.2, 0) is 6.54 Å². The summed E-state index contributed by atoms with van der Waals surface area (Å²) in [4.78, 5) is 33.7. The van der Waals surface area contributed by atoms with E-state index in [1.807, 2.05) is 19.1 Å².